The predicted molar refractivity (Wildman–Crippen MR) is 79.4 cm³/mol. The van der Waals surface area contributed by atoms with E-state index in [1.165, 1.54) is 24.9 Å². The van der Waals surface area contributed by atoms with Crippen LogP contribution in [0.5, 0.6) is 0 Å². The first-order chi connectivity index (χ1) is 9.20. The number of carbonyl (C=O) groups excluding carboxylic acids is 1. The summed E-state index contributed by atoms with van der Waals surface area (Å²) in [6, 6.07) is 7.98. The van der Waals surface area contributed by atoms with E-state index in [9.17, 15) is 4.79 Å². The molecule has 1 unspecified atom stereocenters. The summed E-state index contributed by atoms with van der Waals surface area (Å²) in [5, 5.41) is 3.17. The lowest BCUT2D eigenvalue weighted by atomic mass is 10.1. The number of hydrogen-bond acceptors (Lipinski definition) is 3. The Hall–Kier alpha value is -1.71. The lowest BCUT2D eigenvalue weighted by molar-refractivity contribution is -0.118. The van der Waals surface area contributed by atoms with Crippen LogP contribution in [-0.2, 0) is 4.79 Å². The highest BCUT2D eigenvalue weighted by Crippen LogP contribution is 2.22. The standard InChI is InChI=1S/C15H23N3O/c1-2-14(15(16)19)17-12-6-8-13(9-7-12)18-10-4-3-5-11-18/h6-9,14,17H,2-5,10-11H2,1H3,(H2,16,19). The number of nitrogens with two attached hydrogens (primary N) is 1. The summed E-state index contributed by atoms with van der Waals surface area (Å²) in [7, 11) is 0. The molecule has 0 spiro atoms. The van der Waals surface area contributed by atoms with Gasteiger partial charge in [-0.3, -0.25) is 4.79 Å². The van der Waals surface area contributed by atoms with Crippen LogP contribution in [-0.4, -0.2) is 25.0 Å². The first kappa shape index (κ1) is 13.7. The van der Waals surface area contributed by atoms with E-state index in [1.54, 1.807) is 0 Å². The van der Waals surface area contributed by atoms with Gasteiger partial charge < -0.3 is 16.0 Å². The molecular weight excluding hydrogens is 238 g/mol. The van der Waals surface area contributed by atoms with Crippen molar-refractivity contribution in [1.82, 2.24) is 0 Å². The largest absolute Gasteiger partial charge is 0.374 e. The quantitative estimate of drug-likeness (QED) is 0.855. The smallest absolute Gasteiger partial charge is 0.239 e. The first-order valence-electron chi connectivity index (χ1n) is 7.11. The number of nitrogens with one attached hydrogen (secondary N) is 1. The molecule has 1 aliphatic heterocycles. The average molecular weight is 261 g/mol. The Kier molecular flexibility index (Phi) is 4.66. The molecule has 19 heavy (non-hydrogen) atoms. The summed E-state index contributed by atoms with van der Waals surface area (Å²) in [6.07, 6.45) is 4.59. The van der Waals surface area contributed by atoms with E-state index in [2.05, 4.69) is 22.3 Å². The second-order valence-electron chi connectivity index (χ2n) is 5.10. The van der Waals surface area contributed by atoms with Crippen LogP contribution in [0.1, 0.15) is 32.6 Å². The van der Waals surface area contributed by atoms with Crippen LogP contribution in [0.4, 0.5) is 11.4 Å². The summed E-state index contributed by atoms with van der Waals surface area (Å²) in [5.74, 6) is -0.303. The molecule has 1 atom stereocenters. The molecule has 1 amide bonds. The van der Waals surface area contributed by atoms with Crippen molar-refractivity contribution in [2.45, 2.75) is 38.6 Å². The molecule has 1 aromatic rings. The van der Waals surface area contributed by atoms with Crippen LogP contribution >= 0.6 is 0 Å². The van der Waals surface area contributed by atoms with Crippen molar-refractivity contribution in [3.63, 3.8) is 0 Å². The molecule has 4 nitrogen and oxygen atoms in total. The van der Waals surface area contributed by atoms with Gasteiger partial charge in [0.15, 0.2) is 0 Å². The maximum Gasteiger partial charge on any atom is 0.239 e. The third-order valence-electron chi connectivity index (χ3n) is 3.68. The second kappa shape index (κ2) is 6.45. The highest BCUT2D eigenvalue weighted by Gasteiger charge is 2.13. The molecule has 0 saturated carbocycles. The molecule has 0 aromatic heterocycles. The summed E-state index contributed by atoms with van der Waals surface area (Å²) < 4.78 is 0. The van der Waals surface area contributed by atoms with Crippen molar-refractivity contribution in [2.75, 3.05) is 23.3 Å². The number of anilines is 2. The Labute approximate surface area is 115 Å². The minimum Gasteiger partial charge on any atom is -0.374 e. The normalized spacial score (nSPS) is 17.0. The molecule has 4 heteroatoms. The third kappa shape index (κ3) is 3.63. The van der Waals surface area contributed by atoms with Crippen LogP contribution in [0.3, 0.4) is 0 Å². The molecule has 0 aliphatic carbocycles. The molecule has 3 N–H and O–H groups in total. The van der Waals surface area contributed by atoms with Gasteiger partial charge in [0.1, 0.15) is 6.04 Å². The van der Waals surface area contributed by atoms with Crippen LogP contribution in [0.2, 0.25) is 0 Å². The van der Waals surface area contributed by atoms with Gasteiger partial charge >= 0.3 is 0 Å². The van der Waals surface area contributed by atoms with Gasteiger partial charge in [-0.1, -0.05) is 6.92 Å². The van der Waals surface area contributed by atoms with E-state index < -0.39 is 0 Å². The maximum absolute atomic E-state index is 11.2. The molecule has 1 aromatic carbocycles. The number of primary amides is 1. The van der Waals surface area contributed by atoms with Gasteiger partial charge in [0.25, 0.3) is 0 Å². The van der Waals surface area contributed by atoms with E-state index in [0.29, 0.717) is 6.42 Å². The SMILES string of the molecule is CCC(Nc1ccc(N2CCCCC2)cc1)C(N)=O. The molecule has 1 saturated heterocycles. The van der Waals surface area contributed by atoms with E-state index >= 15 is 0 Å². The van der Waals surface area contributed by atoms with Gasteiger partial charge in [-0.2, -0.15) is 0 Å². The molecule has 1 aliphatic rings. The Bertz CT molecular complexity index is 410. The third-order valence-corrected chi connectivity index (χ3v) is 3.68. The van der Waals surface area contributed by atoms with Crippen LogP contribution in [0.15, 0.2) is 24.3 Å². The number of hydrogen-bond donors (Lipinski definition) is 2. The number of amides is 1. The highest BCUT2D eigenvalue weighted by molar-refractivity contribution is 5.82. The lowest BCUT2D eigenvalue weighted by Gasteiger charge is -2.29. The van der Waals surface area contributed by atoms with E-state index in [-0.39, 0.29) is 11.9 Å². The van der Waals surface area contributed by atoms with Crippen molar-refractivity contribution in [3.05, 3.63) is 24.3 Å². The van der Waals surface area contributed by atoms with Crippen molar-refractivity contribution in [2.24, 2.45) is 5.73 Å². The summed E-state index contributed by atoms with van der Waals surface area (Å²) >= 11 is 0. The topological polar surface area (TPSA) is 58.4 Å². The summed E-state index contributed by atoms with van der Waals surface area (Å²) in [5.41, 5.74) is 7.54. The van der Waals surface area contributed by atoms with Gasteiger partial charge in [-0.15, -0.1) is 0 Å². The molecule has 1 heterocycles. The number of carbonyl (C=O) groups is 1. The van der Waals surface area contributed by atoms with E-state index in [0.717, 1.165) is 18.8 Å². The van der Waals surface area contributed by atoms with Gasteiger partial charge in [0.05, 0.1) is 0 Å². The Morgan fingerprint density at radius 2 is 1.89 bits per heavy atom. The number of piperidine rings is 1. The van der Waals surface area contributed by atoms with Gasteiger partial charge in [-0.05, 0) is 49.9 Å². The number of benzene rings is 1. The molecule has 0 radical (unpaired) electrons. The molecule has 104 valence electrons. The van der Waals surface area contributed by atoms with Crippen LogP contribution < -0.4 is 16.0 Å². The minimum atomic E-state index is -0.303. The Balaban J connectivity index is 1.99. The van der Waals surface area contributed by atoms with Gasteiger partial charge in [-0.25, -0.2) is 0 Å². The number of rotatable bonds is 5. The molecule has 0 bridgehead atoms. The fourth-order valence-corrected chi connectivity index (χ4v) is 2.50. The van der Waals surface area contributed by atoms with Gasteiger partial charge in [0, 0.05) is 24.5 Å². The fraction of sp³-hybridized carbons (Fsp3) is 0.533. The van der Waals surface area contributed by atoms with Crippen molar-refractivity contribution in [1.29, 1.82) is 0 Å². The summed E-state index contributed by atoms with van der Waals surface area (Å²) in [4.78, 5) is 13.6. The fourth-order valence-electron chi connectivity index (χ4n) is 2.50. The first-order valence-corrected chi connectivity index (χ1v) is 7.11. The molecular formula is C15H23N3O. The second-order valence-corrected chi connectivity index (χ2v) is 5.10. The van der Waals surface area contributed by atoms with Crippen LogP contribution in [0, 0.1) is 0 Å². The predicted octanol–water partition coefficient (Wildman–Crippen LogP) is 2.35. The van der Waals surface area contributed by atoms with Gasteiger partial charge in [0.2, 0.25) is 5.91 Å². The van der Waals surface area contributed by atoms with Crippen LogP contribution in [0.25, 0.3) is 0 Å². The monoisotopic (exact) mass is 261 g/mol. The zero-order chi connectivity index (χ0) is 13.7. The lowest BCUT2D eigenvalue weighted by Crippen LogP contribution is -2.34. The average Bonchev–Trinajstić information content (AvgIpc) is 2.46. The van der Waals surface area contributed by atoms with Crippen molar-refractivity contribution < 1.29 is 4.79 Å². The molecule has 1 fully saturated rings. The minimum absolute atomic E-state index is 0.291. The van der Waals surface area contributed by atoms with Crippen molar-refractivity contribution >= 4 is 17.3 Å². The van der Waals surface area contributed by atoms with E-state index in [1.807, 2.05) is 19.1 Å². The zero-order valence-electron chi connectivity index (χ0n) is 11.6. The number of nitrogens with zero attached hydrogens (tertiary/aromatic N) is 1. The highest BCUT2D eigenvalue weighted by atomic mass is 16.1. The van der Waals surface area contributed by atoms with Crippen molar-refractivity contribution in [3.8, 4) is 0 Å². The molecule has 2 rings (SSSR count). The Morgan fingerprint density at radius 1 is 1.26 bits per heavy atom. The van der Waals surface area contributed by atoms with E-state index in [4.69, 9.17) is 5.73 Å². The maximum atomic E-state index is 11.2. The zero-order valence-corrected chi connectivity index (χ0v) is 11.6. The Morgan fingerprint density at radius 3 is 2.42 bits per heavy atom. The summed E-state index contributed by atoms with van der Waals surface area (Å²) in [6.45, 7) is 4.24.